The molecule has 4 heteroatoms. The molecule has 22 heavy (non-hydrogen) atoms. The van der Waals surface area contributed by atoms with E-state index in [-0.39, 0.29) is 11.6 Å². The summed E-state index contributed by atoms with van der Waals surface area (Å²) in [6.45, 7) is 8.43. The molecule has 118 valence electrons. The number of hydrogen-bond acceptors (Lipinski definition) is 4. The molecule has 1 aliphatic rings. The minimum atomic E-state index is -1.22. The molecule has 1 atom stereocenters. The zero-order valence-corrected chi connectivity index (χ0v) is 13.7. The lowest BCUT2D eigenvalue weighted by atomic mass is 9.67. The van der Waals surface area contributed by atoms with E-state index in [4.69, 9.17) is 4.74 Å². The van der Waals surface area contributed by atoms with Gasteiger partial charge in [-0.2, -0.15) is 0 Å². The number of rotatable bonds is 3. The van der Waals surface area contributed by atoms with E-state index in [0.717, 1.165) is 12.0 Å². The second kappa shape index (κ2) is 5.34. The Hall–Kier alpha value is -1.97. The van der Waals surface area contributed by atoms with Crippen LogP contribution in [0.5, 0.6) is 0 Å². The van der Waals surface area contributed by atoms with Gasteiger partial charge in [-0.05, 0) is 39.7 Å². The van der Waals surface area contributed by atoms with Crippen LogP contribution in [0.15, 0.2) is 24.3 Å². The van der Waals surface area contributed by atoms with E-state index >= 15 is 0 Å². The molecule has 0 radical (unpaired) electrons. The summed E-state index contributed by atoms with van der Waals surface area (Å²) in [5, 5.41) is 0. The summed E-state index contributed by atoms with van der Waals surface area (Å²) in [6, 6.07) is 7.18. The van der Waals surface area contributed by atoms with Gasteiger partial charge in [0.1, 0.15) is 5.41 Å². The maximum atomic E-state index is 12.7. The second-order valence-electron chi connectivity index (χ2n) is 6.88. The van der Waals surface area contributed by atoms with Crippen molar-refractivity contribution in [2.75, 3.05) is 0 Å². The maximum absolute atomic E-state index is 12.7. The van der Waals surface area contributed by atoms with Crippen LogP contribution in [0.3, 0.4) is 0 Å². The quantitative estimate of drug-likeness (QED) is 0.489. The highest BCUT2D eigenvalue weighted by Crippen LogP contribution is 2.41. The molecule has 1 saturated heterocycles. The molecular weight excluding hydrogens is 280 g/mol. The highest BCUT2D eigenvalue weighted by atomic mass is 16.6. The molecule has 0 bridgehead atoms. The summed E-state index contributed by atoms with van der Waals surface area (Å²) in [7, 11) is 0. The van der Waals surface area contributed by atoms with Crippen molar-refractivity contribution in [2.24, 2.45) is 10.8 Å². The third-order valence-corrected chi connectivity index (χ3v) is 4.43. The van der Waals surface area contributed by atoms with Gasteiger partial charge in [0.15, 0.2) is 11.9 Å². The monoisotopic (exact) mass is 302 g/mol. The lowest BCUT2D eigenvalue weighted by molar-refractivity contribution is -0.181. The number of cyclic esters (lactones) is 1. The Labute approximate surface area is 130 Å². The van der Waals surface area contributed by atoms with Gasteiger partial charge in [-0.15, -0.1) is 0 Å². The normalized spacial score (nSPS) is 23.0. The van der Waals surface area contributed by atoms with E-state index in [2.05, 4.69) is 0 Å². The standard InChI is InChI=1S/C18H22O4/c1-6-11-7-9-12(10-8-11)13(19)14-17(2,3)15(20)18(4,5)16(21)22-14/h7-10,14H,6H2,1-5H3/t14-/m0/s1. The topological polar surface area (TPSA) is 60.4 Å². The van der Waals surface area contributed by atoms with Crippen LogP contribution in [-0.4, -0.2) is 23.6 Å². The summed E-state index contributed by atoms with van der Waals surface area (Å²) >= 11 is 0. The number of Topliss-reactive ketones (excluding diaryl/α,β-unsaturated/α-hetero) is 2. The summed E-state index contributed by atoms with van der Waals surface area (Å²) in [5.74, 6) is -1.23. The van der Waals surface area contributed by atoms with Crippen molar-refractivity contribution in [3.05, 3.63) is 35.4 Å². The fraction of sp³-hybridized carbons (Fsp3) is 0.500. The van der Waals surface area contributed by atoms with Gasteiger partial charge < -0.3 is 4.74 Å². The minimum Gasteiger partial charge on any atom is -0.452 e. The minimum absolute atomic E-state index is 0.264. The Morgan fingerprint density at radius 3 is 2.14 bits per heavy atom. The van der Waals surface area contributed by atoms with Crippen LogP contribution in [0.4, 0.5) is 0 Å². The average molecular weight is 302 g/mol. The van der Waals surface area contributed by atoms with E-state index in [1.54, 1.807) is 26.0 Å². The van der Waals surface area contributed by atoms with Crippen LogP contribution in [0.2, 0.25) is 0 Å². The highest BCUT2D eigenvalue weighted by Gasteiger charge is 2.57. The number of esters is 1. The smallest absolute Gasteiger partial charge is 0.319 e. The summed E-state index contributed by atoms with van der Waals surface area (Å²) in [6.07, 6.45) is -0.196. The highest BCUT2D eigenvalue weighted by molar-refractivity contribution is 6.13. The molecule has 1 heterocycles. The van der Waals surface area contributed by atoms with Crippen LogP contribution < -0.4 is 0 Å². The lowest BCUT2D eigenvalue weighted by Gasteiger charge is -2.42. The molecule has 0 aliphatic carbocycles. The second-order valence-corrected chi connectivity index (χ2v) is 6.88. The molecular formula is C18H22O4. The van der Waals surface area contributed by atoms with Gasteiger partial charge in [0.25, 0.3) is 0 Å². The molecule has 4 nitrogen and oxygen atoms in total. The number of hydrogen-bond donors (Lipinski definition) is 0. The molecule has 0 amide bonds. The fourth-order valence-corrected chi connectivity index (χ4v) is 2.86. The summed E-state index contributed by atoms with van der Waals surface area (Å²) in [5.41, 5.74) is -0.686. The van der Waals surface area contributed by atoms with Gasteiger partial charge in [0.05, 0.1) is 5.41 Å². The number of ether oxygens (including phenoxy) is 1. The SMILES string of the molecule is CCc1ccc(C(=O)[C@@H]2OC(=O)C(C)(C)C(=O)C2(C)C)cc1. The van der Waals surface area contributed by atoms with Crippen molar-refractivity contribution in [2.45, 2.75) is 47.1 Å². The number of carbonyl (C=O) groups excluding carboxylic acids is 3. The average Bonchev–Trinajstić information content (AvgIpc) is 2.49. The predicted octanol–water partition coefficient (Wildman–Crippen LogP) is 2.98. The number of aryl methyl sites for hydroxylation is 1. The molecule has 0 saturated carbocycles. The van der Waals surface area contributed by atoms with Gasteiger partial charge >= 0.3 is 5.97 Å². The molecule has 1 aromatic carbocycles. The Kier molecular flexibility index (Phi) is 3.98. The summed E-state index contributed by atoms with van der Waals surface area (Å²) < 4.78 is 5.35. The Morgan fingerprint density at radius 1 is 1.09 bits per heavy atom. The predicted molar refractivity (Wildman–Crippen MR) is 82.6 cm³/mol. The van der Waals surface area contributed by atoms with Crippen LogP contribution in [-0.2, 0) is 20.7 Å². The molecule has 0 N–H and O–H groups in total. The third kappa shape index (κ3) is 2.47. The van der Waals surface area contributed by atoms with Crippen molar-refractivity contribution in [1.82, 2.24) is 0 Å². The molecule has 0 spiro atoms. The third-order valence-electron chi connectivity index (χ3n) is 4.43. The van der Waals surface area contributed by atoms with E-state index in [0.29, 0.717) is 5.56 Å². The largest absolute Gasteiger partial charge is 0.452 e. The summed E-state index contributed by atoms with van der Waals surface area (Å²) in [4.78, 5) is 37.3. The van der Waals surface area contributed by atoms with E-state index < -0.39 is 22.9 Å². The Morgan fingerprint density at radius 2 is 1.64 bits per heavy atom. The molecule has 0 aromatic heterocycles. The van der Waals surface area contributed by atoms with Crippen molar-refractivity contribution in [3.8, 4) is 0 Å². The first-order chi connectivity index (χ1) is 10.1. The fourth-order valence-electron chi connectivity index (χ4n) is 2.86. The van der Waals surface area contributed by atoms with E-state index in [1.807, 2.05) is 19.1 Å². The molecule has 1 fully saturated rings. The number of carbonyl (C=O) groups is 3. The zero-order chi connectivity index (χ0) is 16.7. The van der Waals surface area contributed by atoms with Crippen molar-refractivity contribution in [1.29, 1.82) is 0 Å². The van der Waals surface area contributed by atoms with Gasteiger partial charge in [-0.25, -0.2) is 0 Å². The first kappa shape index (κ1) is 16.4. The van der Waals surface area contributed by atoms with Crippen molar-refractivity contribution in [3.63, 3.8) is 0 Å². The number of ketones is 2. The van der Waals surface area contributed by atoms with Gasteiger partial charge in [0, 0.05) is 5.56 Å². The Bertz CT molecular complexity index is 623. The van der Waals surface area contributed by atoms with Crippen LogP contribution in [0.25, 0.3) is 0 Å². The van der Waals surface area contributed by atoms with Gasteiger partial charge in [0.2, 0.25) is 5.78 Å². The molecule has 1 aromatic rings. The van der Waals surface area contributed by atoms with Crippen LogP contribution in [0.1, 0.15) is 50.5 Å². The van der Waals surface area contributed by atoms with Crippen LogP contribution in [0, 0.1) is 10.8 Å². The van der Waals surface area contributed by atoms with Crippen LogP contribution >= 0.6 is 0 Å². The molecule has 2 rings (SSSR count). The maximum Gasteiger partial charge on any atom is 0.319 e. The van der Waals surface area contributed by atoms with Crippen molar-refractivity contribution < 1.29 is 19.1 Å². The zero-order valence-electron chi connectivity index (χ0n) is 13.7. The van der Waals surface area contributed by atoms with E-state index in [1.165, 1.54) is 13.8 Å². The van der Waals surface area contributed by atoms with Gasteiger partial charge in [-0.3, -0.25) is 14.4 Å². The van der Waals surface area contributed by atoms with E-state index in [9.17, 15) is 14.4 Å². The number of benzene rings is 1. The molecule has 0 unspecified atom stereocenters. The van der Waals surface area contributed by atoms with Crippen molar-refractivity contribution >= 4 is 17.5 Å². The first-order valence-electron chi connectivity index (χ1n) is 7.51. The lowest BCUT2D eigenvalue weighted by Crippen LogP contribution is -2.58. The first-order valence-corrected chi connectivity index (χ1v) is 7.51. The molecule has 1 aliphatic heterocycles. The van der Waals surface area contributed by atoms with Gasteiger partial charge in [-0.1, -0.05) is 31.2 Å². The Balaban J connectivity index is 2.36.